The molecule has 2 aromatic rings. The van der Waals surface area contributed by atoms with Gasteiger partial charge in [0, 0.05) is 31.9 Å². The molecule has 0 bridgehead atoms. The molecule has 2 N–H and O–H groups in total. The summed E-state index contributed by atoms with van der Waals surface area (Å²) in [7, 11) is 8.44. The molecule has 0 radical (unpaired) electrons. The standard InChI is InChI=1S/C24H32N2O5/c1-25-18-9-7-15-13-21(29-3)23(30-4)24(31-5)22(15)16-8-10-19(20(27)14-17(16)18)26-11-6-12-28-2/h8,10,13-14,18,25H,6-7,9,11-12H2,1-5H3,(H,26,27)/t18-/m1/s1. The highest BCUT2D eigenvalue weighted by atomic mass is 16.5. The molecule has 0 unspecified atom stereocenters. The lowest BCUT2D eigenvalue weighted by Crippen LogP contribution is -2.18. The highest BCUT2D eigenvalue weighted by Gasteiger charge is 2.28. The first-order chi connectivity index (χ1) is 15.1. The van der Waals surface area contributed by atoms with Crippen molar-refractivity contribution in [1.29, 1.82) is 0 Å². The number of fused-ring (bicyclic) bond motifs is 3. The number of aryl methyl sites for hydroxylation is 1. The summed E-state index contributed by atoms with van der Waals surface area (Å²) in [5.41, 5.74) is 4.46. The molecular formula is C24H32N2O5. The number of hydrogen-bond donors (Lipinski definition) is 2. The maximum absolute atomic E-state index is 13.0. The van der Waals surface area contributed by atoms with Crippen molar-refractivity contribution < 1.29 is 18.9 Å². The Bertz CT molecular complexity index is 977. The number of rotatable bonds is 9. The van der Waals surface area contributed by atoms with Gasteiger partial charge in [-0.05, 0) is 61.2 Å². The normalized spacial score (nSPS) is 14.8. The number of ether oxygens (including phenoxy) is 4. The molecule has 0 saturated carbocycles. The van der Waals surface area contributed by atoms with E-state index < -0.39 is 0 Å². The van der Waals surface area contributed by atoms with Gasteiger partial charge in [0.2, 0.25) is 11.2 Å². The largest absolute Gasteiger partial charge is 0.493 e. The van der Waals surface area contributed by atoms with E-state index in [2.05, 4.69) is 10.6 Å². The number of hydrogen-bond acceptors (Lipinski definition) is 7. The fourth-order valence-electron chi connectivity index (χ4n) is 4.20. The average Bonchev–Trinajstić information content (AvgIpc) is 3.03. The van der Waals surface area contributed by atoms with Gasteiger partial charge in [-0.1, -0.05) is 6.07 Å². The highest BCUT2D eigenvalue weighted by molar-refractivity contribution is 5.83. The van der Waals surface area contributed by atoms with Crippen molar-refractivity contribution in [1.82, 2.24) is 5.32 Å². The summed E-state index contributed by atoms with van der Waals surface area (Å²) in [5.74, 6) is 1.79. The molecule has 0 heterocycles. The summed E-state index contributed by atoms with van der Waals surface area (Å²) in [4.78, 5) is 13.0. The first kappa shape index (κ1) is 22.9. The third-order valence-corrected chi connectivity index (χ3v) is 5.73. The van der Waals surface area contributed by atoms with Gasteiger partial charge in [-0.2, -0.15) is 0 Å². The lowest BCUT2D eigenvalue weighted by molar-refractivity contribution is 0.198. The summed E-state index contributed by atoms with van der Waals surface area (Å²) < 4.78 is 22.1. The Labute approximate surface area is 183 Å². The lowest BCUT2D eigenvalue weighted by Gasteiger charge is -2.19. The molecule has 7 heteroatoms. The average molecular weight is 429 g/mol. The summed E-state index contributed by atoms with van der Waals surface area (Å²) in [6.07, 6.45) is 2.47. The van der Waals surface area contributed by atoms with Crippen LogP contribution in [-0.4, -0.2) is 48.6 Å². The van der Waals surface area contributed by atoms with Crippen molar-refractivity contribution in [2.75, 3.05) is 54.0 Å². The second kappa shape index (κ2) is 10.5. The van der Waals surface area contributed by atoms with E-state index in [1.165, 1.54) is 0 Å². The molecule has 1 aliphatic rings. The summed E-state index contributed by atoms with van der Waals surface area (Å²) >= 11 is 0. The molecule has 0 saturated heterocycles. The Kier molecular flexibility index (Phi) is 7.76. The van der Waals surface area contributed by atoms with E-state index in [1.807, 2.05) is 25.2 Å². The van der Waals surface area contributed by atoms with E-state index >= 15 is 0 Å². The molecule has 31 heavy (non-hydrogen) atoms. The van der Waals surface area contributed by atoms with Gasteiger partial charge >= 0.3 is 0 Å². The van der Waals surface area contributed by atoms with Crippen LogP contribution in [0.15, 0.2) is 29.1 Å². The van der Waals surface area contributed by atoms with Crippen molar-refractivity contribution >= 4 is 5.69 Å². The van der Waals surface area contributed by atoms with E-state index in [0.29, 0.717) is 36.1 Å². The van der Waals surface area contributed by atoms with Crippen LogP contribution in [0.4, 0.5) is 5.69 Å². The zero-order valence-electron chi connectivity index (χ0n) is 19.0. The maximum atomic E-state index is 13.0. The second-order valence-electron chi connectivity index (χ2n) is 7.46. The zero-order valence-corrected chi connectivity index (χ0v) is 19.0. The SMILES string of the molecule is CN[C@@H]1CCc2cc(OC)c(OC)c(OC)c2-c2ccc(NCCCOC)c(=O)cc21. The van der Waals surface area contributed by atoms with E-state index in [1.54, 1.807) is 34.5 Å². The van der Waals surface area contributed by atoms with Gasteiger partial charge in [0.1, 0.15) is 0 Å². The zero-order chi connectivity index (χ0) is 22.4. The molecule has 3 rings (SSSR count). The Balaban J connectivity index is 2.22. The summed E-state index contributed by atoms with van der Waals surface area (Å²) in [6.45, 7) is 1.31. The summed E-state index contributed by atoms with van der Waals surface area (Å²) in [5, 5.41) is 6.61. The minimum absolute atomic E-state index is 0.0329. The Hall–Kier alpha value is -2.77. The monoisotopic (exact) mass is 428 g/mol. The van der Waals surface area contributed by atoms with Crippen molar-refractivity contribution in [2.45, 2.75) is 25.3 Å². The van der Waals surface area contributed by atoms with Crippen molar-refractivity contribution in [3.63, 3.8) is 0 Å². The fraction of sp³-hybridized carbons (Fsp3) is 0.458. The van der Waals surface area contributed by atoms with Crippen LogP contribution < -0.4 is 30.3 Å². The van der Waals surface area contributed by atoms with Gasteiger partial charge in [0.15, 0.2) is 11.5 Å². The van der Waals surface area contributed by atoms with E-state index in [9.17, 15) is 4.79 Å². The predicted molar refractivity (Wildman–Crippen MR) is 123 cm³/mol. The van der Waals surface area contributed by atoms with Crippen LogP contribution in [0.2, 0.25) is 0 Å². The lowest BCUT2D eigenvalue weighted by atomic mass is 9.95. The first-order valence-electron chi connectivity index (χ1n) is 10.5. The van der Waals surface area contributed by atoms with Gasteiger partial charge in [0.05, 0.1) is 27.0 Å². The van der Waals surface area contributed by atoms with Gasteiger partial charge < -0.3 is 29.6 Å². The molecule has 0 amide bonds. The molecular weight excluding hydrogens is 396 g/mol. The fourth-order valence-corrected chi connectivity index (χ4v) is 4.20. The van der Waals surface area contributed by atoms with Crippen LogP contribution >= 0.6 is 0 Å². The van der Waals surface area contributed by atoms with Gasteiger partial charge in [0.25, 0.3) is 0 Å². The molecule has 0 spiro atoms. The van der Waals surface area contributed by atoms with E-state index in [0.717, 1.165) is 41.5 Å². The quantitative estimate of drug-likeness (QED) is 0.593. The van der Waals surface area contributed by atoms with Crippen LogP contribution in [0.1, 0.15) is 30.0 Å². The third-order valence-electron chi connectivity index (χ3n) is 5.73. The predicted octanol–water partition coefficient (Wildman–Crippen LogP) is 3.39. The molecule has 0 aromatic heterocycles. The van der Waals surface area contributed by atoms with Crippen LogP contribution in [0.25, 0.3) is 11.1 Å². The van der Waals surface area contributed by atoms with Crippen molar-refractivity contribution in [3.8, 4) is 28.4 Å². The van der Waals surface area contributed by atoms with Crippen LogP contribution in [-0.2, 0) is 11.2 Å². The Morgan fingerprint density at radius 1 is 1.03 bits per heavy atom. The van der Waals surface area contributed by atoms with Gasteiger partial charge in [-0.3, -0.25) is 4.79 Å². The van der Waals surface area contributed by atoms with Crippen LogP contribution in [0.5, 0.6) is 17.2 Å². The third kappa shape index (κ3) is 4.62. The number of anilines is 1. The molecule has 0 fully saturated rings. The number of nitrogens with one attached hydrogen (secondary N) is 2. The van der Waals surface area contributed by atoms with Crippen molar-refractivity contribution in [2.24, 2.45) is 0 Å². The molecule has 1 atom stereocenters. The molecule has 0 aliphatic heterocycles. The van der Waals surface area contributed by atoms with Crippen LogP contribution in [0.3, 0.4) is 0 Å². The van der Waals surface area contributed by atoms with E-state index in [4.69, 9.17) is 18.9 Å². The first-order valence-corrected chi connectivity index (χ1v) is 10.5. The Morgan fingerprint density at radius 3 is 2.45 bits per heavy atom. The minimum Gasteiger partial charge on any atom is -0.493 e. The molecule has 2 aromatic carbocycles. The van der Waals surface area contributed by atoms with E-state index in [-0.39, 0.29) is 11.5 Å². The van der Waals surface area contributed by atoms with Crippen molar-refractivity contribution in [3.05, 3.63) is 45.6 Å². The van der Waals surface area contributed by atoms with Crippen LogP contribution in [0, 0.1) is 0 Å². The number of methoxy groups -OCH3 is 4. The second-order valence-corrected chi connectivity index (χ2v) is 7.46. The topological polar surface area (TPSA) is 78.1 Å². The van der Waals surface area contributed by atoms with Gasteiger partial charge in [-0.25, -0.2) is 0 Å². The number of benzene rings is 1. The molecule has 7 nitrogen and oxygen atoms in total. The van der Waals surface area contributed by atoms with Gasteiger partial charge in [-0.15, -0.1) is 0 Å². The molecule has 1 aliphatic carbocycles. The maximum Gasteiger partial charge on any atom is 0.203 e. The molecule has 168 valence electrons. The Morgan fingerprint density at radius 2 is 1.81 bits per heavy atom. The minimum atomic E-state index is -0.0400. The highest BCUT2D eigenvalue weighted by Crippen LogP contribution is 2.50. The smallest absolute Gasteiger partial charge is 0.203 e. The summed E-state index contributed by atoms with van der Waals surface area (Å²) in [6, 6.07) is 7.63.